The molecule has 0 spiro atoms. The molecular weight excluding hydrogens is 334 g/mol. The van der Waals surface area contributed by atoms with Crippen LogP contribution in [0.15, 0.2) is 24.3 Å². The van der Waals surface area contributed by atoms with Crippen molar-refractivity contribution in [3.8, 4) is 11.5 Å². The van der Waals surface area contributed by atoms with Gasteiger partial charge in [0.25, 0.3) is 5.91 Å². The van der Waals surface area contributed by atoms with Crippen molar-refractivity contribution in [3.05, 3.63) is 29.8 Å². The summed E-state index contributed by atoms with van der Waals surface area (Å²) in [5.41, 5.74) is 0.714. The molecule has 0 heterocycles. The highest BCUT2D eigenvalue weighted by Gasteiger charge is 2.22. The lowest BCUT2D eigenvalue weighted by atomic mass is 9.86. The van der Waals surface area contributed by atoms with Gasteiger partial charge in [0.05, 0.1) is 14.2 Å². The molecule has 0 saturated heterocycles. The molecule has 0 bridgehead atoms. The summed E-state index contributed by atoms with van der Waals surface area (Å²) in [5.74, 6) is 0.876. The van der Waals surface area contributed by atoms with E-state index in [1.54, 1.807) is 38.5 Å². The topological polar surface area (TPSA) is 73.9 Å². The number of carbonyl (C=O) groups excluding carboxylic acids is 2. The van der Waals surface area contributed by atoms with Gasteiger partial charge in [-0.1, -0.05) is 19.8 Å². The minimum atomic E-state index is -0.574. The Morgan fingerprint density at radius 2 is 1.96 bits per heavy atom. The van der Waals surface area contributed by atoms with Crippen LogP contribution in [0.3, 0.4) is 0 Å². The van der Waals surface area contributed by atoms with Crippen molar-refractivity contribution in [2.75, 3.05) is 20.8 Å². The molecule has 6 heteroatoms. The normalized spacial score (nSPS) is 19.8. The van der Waals surface area contributed by atoms with Crippen molar-refractivity contribution < 1.29 is 23.8 Å². The van der Waals surface area contributed by atoms with E-state index in [1.165, 1.54) is 12.5 Å². The molecule has 142 valence electrons. The van der Waals surface area contributed by atoms with E-state index in [0.717, 1.165) is 19.3 Å². The molecule has 1 saturated carbocycles. The number of hydrogen-bond acceptors (Lipinski definition) is 5. The van der Waals surface area contributed by atoms with Gasteiger partial charge in [-0.15, -0.1) is 0 Å². The fourth-order valence-corrected chi connectivity index (χ4v) is 3.08. The van der Waals surface area contributed by atoms with Gasteiger partial charge in [0.1, 0.15) is 11.5 Å². The van der Waals surface area contributed by atoms with Crippen LogP contribution in [0.25, 0.3) is 6.08 Å². The Morgan fingerprint density at radius 1 is 1.19 bits per heavy atom. The van der Waals surface area contributed by atoms with E-state index in [4.69, 9.17) is 14.2 Å². The monoisotopic (exact) mass is 361 g/mol. The SMILES string of the molecule is COc1ccc(/C=C/C(=O)OCC(=O)NC2CCCCC2C)c(OC)c1. The Balaban J connectivity index is 1.82. The summed E-state index contributed by atoms with van der Waals surface area (Å²) >= 11 is 0. The largest absolute Gasteiger partial charge is 0.497 e. The van der Waals surface area contributed by atoms with Crippen LogP contribution in [0.2, 0.25) is 0 Å². The zero-order chi connectivity index (χ0) is 18.9. The average Bonchev–Trinajstić information content (AvgIpc) is 2.66. The summed E-state index contributed by atoms with van der Waals surface area (Å²) < 4.78 is 15.4. The van der Waals surface area contributed by atoms with Crippen molar-refractivity contribution in [1.29, 1.82) is 0 Å². The number of ether oxygens (including phenoxy) is 3. The van der Waals surface area contributed by atoms with Gasteiger partial charge in [0.15, 0.2) is 6.61 Å². The molecule has 1 amide bonds. The highest BCUT2D eigenvalue weighted by Crippen LogP contribution is 2.25. The van der Waals surface area contributed by atoms with Gasteiger partial charge < -0.3 is 19.5 Å². The molecule has 1 aliphatic rings. The number of nitrogens with one attached hydrogen (secondary N) is 1. The van der Waals surface area contributed by atoms with Crippen LogP contribution in [-0.2, 0) is 14.3 Å². The highest BCUT2D eigenvalue weighted by atomic mass is 16.5. The Labute approximate surface area is 154 Å². The third-order valence-electron chi connectivity index (χ3n) is 4.64. The number of methoxy groups -OCH3 is 2. The quantitative estimate of drug-likeness (QED) is 0.597. The fraction of sp³-hybridized carbons (Fsp3) is 0.500. The number of rotatable bonds is 7. The lowest BCUT2D eigenvalue weighted by Gasteiger charge is -2.29. The van der Waals surface area contributed by atoms with Crippen LogP contribution in [0.4, 0.5) is 0 Å². The van der Waals surface area contributed by atoms with Crippen LogP contribution >= 0.6 is 0 Å². The van der Waals surface area contributed by atoms with E-state index in [9.17, 15) is 9.59 Å². The molecule has 2 rings (SSSR count). The lowest BCUT2D eigenvalue weighted by molar-refractivity contribution is -0.144. The second-order valence-corrected chi connectivity index (χ2v) is 6.48. The number of benzene rings is 1. The summed E-state index contributed by atoms with van der Waals surface area (Å²) in [6.45, 7) is 1.87. The smallest absolute Gasteiger partial charge is 0.331 e. The van der Waals surface area contributed by atoms with Gasteiger partial charge in [0, 0.05) is 23.7 Å². The first-order chi connectivity index (χ1) is 12.5. The van der Waals surface area contributed by atoms with E-state index in [1.807, 2.05) is 0 Å². The van der Waals surface area contributed by atoms with Crippen LogP contribution in [-0.4, -0.2) is 38.7 Å². The summed E-state index contributed by atoms with van der Waals surface area (Å²) in [6, 6.07) is 5.45. The first-order valence-electron chi connectivity index (χ1n) is 8.89. The van der Waals surface area contributed by atoms with Gasteiger partial charge in [-0.05, 0) is 37.0 Å². The zero-order valence-corrected chi connectivity index (χ0v) is 15.6. The molecule has 1 aromatic carbocycles. The van der Waals surface area contributed by atoms with E-state index in [-0.39, 0.29) is 18.6 Å². The molecule has 1 aromatic rings. The average molecular weight is 361 g/mol. The first kappa shape index (κ1) is 19.8. The maximum Gasteiger partial charge on any atom is 0.331 e. The minimum absolute atomic E-state index is 0.175. The van der Waals surface area contributed by atoms with Crippen molar-refractivity contribution in [1.82, 2.24) is 5.32 Å². The van der Waals surface area contributed by atoms with Crippen molar-refractivity contribution >= 4 is 18.0 Å². The van der Waals surface area contributed by atoms with Gasteiger partial charge in [-0.25, -0.2) is 4.79 Å². The summed E-state index contributed by atoms with van der Waals surface area (Å²) in [6.07, 6.45) is 7.31. The van der Waals surface area contributed by atoms with E-state index >= 15 is 0 Å². The van der Waals surface area contributed by atoms with Crippen LogP contribution in [0.1, 0.15) is 38.2 Å². The van der Waals surface area contributed by atoms with E-state index in [2.05, 4.69) is 12.2 Å². The van der Waals surface area contributed by atoms with E-state index < -0.39 is 5.97 Å². The molecule has 0 radical (unpaired) electrons. The summed E-state index contributed by atoms with van der Waals surface area (Å²) in [5, 5.41) is 2.95. The molecule has 26 heavy (non-hydrogen) atoms. The lowest BCUT2D eigenvalue weighted by Crippen LogP contribution is -2.42. The zero-order valence-electron chi connectivity index (χ0n) is 15.6. The highest BCUT2D eigenvalue weighted by molar-refractivity contribution is 5.89. The van der Waals surface area contributed by atoms with Crippen LogP contribution in [0.5, 0.6) is 11.5 Å². The number of hydrogen-bond donors (Lipinski definition) is 1. The van der Waals surface area contributed by atoms with Crippen LogP contribution in [0, 0.1) is 5.92 Å². The Hall–Kier alpha value is -2.50. The van der Waals surface area contributed by atoms with Gasteiger partial charge >= 0.3 is 5.97 Å². The molecule has 6 nitrogen and oxygen atoms in total. The van der Waals surface area contributed by atoms with Crippen molar-refractivity contribution in [3.63, 3.8) is 0 Å². The second kappa shape index (κ2) is 9.85. The Kier molecular flexibility index (Phi) is 7.51. The molecule has 1 aliphatic carbocycles. The van der Waals surface area contributed by atoms with Crippen molar-refractivity contribution in [2.24, 2.45) is 5.92 Å². The standard InChI is InChI=1S/C20H27NO5/c1-14-6-4-5-7-17(14)21-19(22)13-26-20(23)11-9-15-8-10-16(24-2)12-18(15)25-3/h8-12,14,17H,4-7,13H2,1-3H3,(H,21,22)/b11-9+. The van der Waals surface area contributed by atoms with Crippen LogP contribution < -0.4 is 14.8 Å². The third kappa shape index (κ3) is 5.79. The Morgan fingerprint density at radius 3 is 2.65 bits per heavy atom. The molecule has 0 aliphatic heterocycles. The third-order valence-corrected chi connectivity index (χ3v) is 4.64. The predicted octanol–water partition coefficient (Wildman–Crippen LogP) is 2.96. The molecule has 1 fully saturated rings. The fourth-order valence-electron chi connectivity index (χ4n) is 3.08. The summed E-state index contributed by atoms with van der Waals surface area (Å²) in [4.78, 5) is 23.8. The van der Waals surface area contributed by atoms with E-state index in [0.29, 0.717) is 23.0 Å². The molecule has 1 N–H and O–H groups in total. The van der Waals surface area contributed by atoms with Crippen molar-refractivity contribution in [2.45, 2.75) is 38.6 Å². The molecule has 2 unspecified atom stereocenters. The first-order valence-corrected chi connectivity index (χ1v) is 8.89. The Bertz CT molecular complexity index is 656. The maximum atomic E-state index is 12.0. The predicted molar refractivity (Wildman–Crippen MR) is 99.1 cm³/mol. The maximum absolute atomic E-state index is 12.0. The molecule has 0 aromatic heterocycles. The minimum Gasteiger partial charge on any atom is -0.497 e. The second-order valence-electron chi connectivity index (χ2n) is 6.48. The molecule has 2 atom stereocenters. The number of carbonyl (C=O) groups is 2. The number of amides is 1. The summed E-state index contributed by atoms with van der Waals surface area (Å²) in [7, 11) is 3.11. The number of esters is 1. The van der Waals surface area contributed by atoms with Gasteiger partial charge in [0.2, 0.25) is 0 Å². The van der Waals surface area contributed by atoms with Gasteiger partial charge in [-0.2, -0.15) is 0 Å². The molecular formula is C20H27NO5. The van der Waals surface area contributed by atoms with Gasteiger partial charge in [-0.3, -0.25) is 4.79 Å².